The Kier molecular flexibility index (Phi) is 5.16. The van der Waals surface area contributed by atoms with Crippen LogP contribution in [-0.2, 0) is 9.59 Å². The topological polar surface area (TPSA) is 86.2 Å². The van der Waals surface area contributed by atoms with Gasteiger partial charge >= 0.3 is 0 Å². The SMILES string of the molecule is NC(=O)C(CS)[C@@H](CS)C(N)=O. The van der Waals surface area contributed by atoms with E-state index in [1.807, 2.05) is 0 Å². The lowest BCUT2D eigenvalue weighted by Gasteiger charge is -2.17. The fourth-order valence-corrected chi connectivity index (χ4v) is 1.70. The standard InChI is InChI=1S/C6H12N2O2S2/c7-5(9)3(1-11)4(2-12)6(8)10/h3-4,11-12H,1-2H2,(H2,7,9)(H2,8,10)/t3-,4?/m1/s1. The lowest BCUT2D eigenvalue weighted by molar-refractivity contribution is -0.129. The van der Waals surface area contributed by atoms with E-state index in [1.54, 1.807) is 0 Å². The van der Waals surface area contributed by atoms with Crippen LogP contribution < -0.4 is 11.5 Å². The van der Waals surface area contributed by atoms with Crippen LogP contribution in [0.3, 0.4) is 0 Å². The second-order valence-electron chi connectivity index (χ2n) is 2.38. The van der Waals surface area contributed by atoms with Crippen molar-refractivity contribution in [3.63, 3.8) is 0 Å². The van der Waals surface area contributed by atoms with E-state index in [0.29, 0.717) is 0 Å². The molecule has 2 amide bonds. The van der Waals surface area contributed by atoms with Crippen molar-refractivity contribution in [2.45, 2.75) is 0 Å². The first-order valence-electron chi connectivity index (χ1n) is 3.35. The third kappa shape index (κ3) is 2.94. The number of hydrogen-bond acceptors (Lipinski definition) is 4. The molecule has 12 heavy (non-hydrogen) atoms. The van der Waals surface area contributed by atoms with Crippen LogP contribution in [0.4, 0.5) is 0 Å². The fraction of sp³-hybridized carbons (Fsp3) is 0.667. The van der Waals surface area contributed by atoms with Crippen molar-refractivity contribution in [1.29, 1.82) is 0 Å². The Balaban J connectivity index is 4.44. The number of amides is 2. The van der Waals surface area contributed by atoms with E-state index in [2.05, 4.69) is 25.3 Å². The van der Waals surface area contributed by atoms with Crippen molar-refractivity contribution >= 4 is 37.1 Å². The van der Waals surface area contributed by atoms with Gasteiger partial charge in [0.05, 0.1) is 11.8 Å². The summed E-state index contributed by atoms with van der Waals surface area (Å²) in [5.74, 6) is -1.95. The number of primary amides is 2. The highest BCUT2D eigenvalue weighted by molar-refractivity contribution is 7.80. The summed E-state index contributed by atoms with van der Waals surface area (Å²) in [6.07, 6.45) is 0. The summed E-state index contributed by atoms with van der Waals surface area (Å²) in [6, 6.07) is 0. The minimum Gasteiger partial charge on any atom is -0.369 e. The average Bonchev–Trinajstić information content (AvgIpc) is 1.98. The summed E-state index contributed by atoms with van der Waals surface area (Å²) in [4.78, 5) is 21.5. The molecule has 0 aromatic rings. The highest BCUT2D eigenvalue weighted by atomic mass is 32.1. The summed E-state index contributed by atoms with van der Waals surface area (Å²) >= 11 is 7.80. The van der Waals surface area contributed by atoms with Crippen LogP contribution in [0.25, 0.3) is 0 Å². The molecule has 70 valence electrons. The van der Waals surface area contributed by atoms with Gasteiger partial charge in [0.2, 0.25) is 11.8 Å². The maximum atomic E-state index is 10.8. The highest BCUT2D eigenvalue weighted by Gasteiger charge is 2.28. The number of hydrogen-bond donors (Lipinski definition) is 4. The van der Waals surface area contributed by atoms with Gasteiger partial charge in [-0.05, 0) is 0 Å². The van der Waals surface area contributed by atoms with Crippen LogP contribution in [-0.4, -0.2) is 23.3 Å². The molecule has 0 saturated heterocycles. The predicted octanol–water partition coefficient (Wildman–Crippen LogP) is -0.951. The molecular formula is C6H12N2O2S2. The van der Waals surface area contributed by atoms with Crippen molar-refractivity contribution in [1.82, 2.24) is 0 Å². The van der Waals surface area contributed by atoms with Crippen molar-refractivity contribution < 1.29 is 9.59 Å². The van der Waals surface area contributed by atoms with Gasteiger partial charge < -0.3 is 11.5 Å². The Bertz CT molecular complexity index is 166. The predicted molar refractivity (Wildman–Crippen MR) is 53.1 cm³/mol. The first-order chi connectivity index (χ1) is 5.54. The molecule has 0 radical (unpaired) electrons. The van der Waals surface area contributed by atoms with Crippen molar-refractivity contribution in [3.05, 3.63) is 0 Å². The van der Waals surface area contributed by atoms with Crippen molar-refractivity contribution in [3.8, 4) is 0 Å². The van der Waals surface area contributed by atoms with E-state index < -0.39 is 23.7 Å². The molecule has 0 spiro atoms. The molecule has 4 N–H and O–H groups in total. The summed E-state index contributed by atoms with van der Waals surface area (Å²) in [5, 5.41) is 0. The first kappa shape index (κ1) is 11.6. The lowest BCUT2D eigenvalue weighted by atomic mass is 9.94. The van der Waals surface area contributed by atoms with E-state index in [4.69, 9.17) is 11.5 Å². The number of thiol groups is 2. The molecule has 0 aliphatic carbocycles. The molecule has 0 aromatic heterocycles. The van der Waals surface area contributed by atoms with E-state index >= 15 is 0 Å². The van der Waals surface area contributed by atoms with Gasteiger partial charge in [-0.1, -0.05) is 0 Å². The normalized spacial score (nSPS) is 15.2. The average molecular weight is 208 g/mol. The molecule has 6 heteroatoms. The molecule has 1 unspecified atom stereocenters. The Hall–Kier alpha value is -0.360. The largest absolute Gasteiger partial charge is 0.369 e. The lowest BCUT2D eigenvalue weighted by Crippen LogP contribution is -2.39. The van der Waals surface area contributed by atoms with Crippen molar-refractivity contribution in [2.24, 2.45) is 23.3 Å². The minimum atomic E-state index is -0.622. The number of carbonyl (C=O) groups excluding carboxylic acids is 2. The van der Waals surface area contributed by atoms with E-state index in [0.717, 1.165) is 0 Å². The second-order valence-corrected chi connectivity index (χ2v) is 3.11. The zero-order chi connectivity index (χ0) is 9.72. The van der Waals surface area contributed by atoms with Crippen LogP contribution in [0.5, 0.6) is 0 Å². The van der Waals surface area contributed by atoms with E-state index in [-0.39, 0.29) is 11.5 Å². The third-order valence-corrected chi connectivity index (χ3v) is 2.40. The fourth-order valence-electron chi connectivity index (χ4n) is 0.831. The second kappa shape index (κ2) is 5.31. The molecule has 0 heterocycles. The smallest absolute Gasteiger partial charge is 0.222 e. The van der Waals surface area contributed by atoms with Gasteiger partial charge in [0.1, 0.15) is 0 Å². The third-order valence-electron chi connectivity index (χ3n) is 1.61. The molecule has 4 nitrogen and oxygen atoms in total. The van der Waals surface area contributed by atoms with Crippen LogP contribution in [0.15, 0.2) is 0 Å². The molecule has 0 rings (SSSR count). The van der Waals surface area contributed by atoms with Gasteiger partial charge in [0.25, 0.3) is 0 Å². The summed E-state index contributed by atoms with van der Waals surface area (Å²) in [6.45, 7) is 0. The molecule has 0 aromatic carbocycles. The molecule has 0 bridgehead atoms. The summed E-state index contributed by atoms with van der Waals surface area (Å²) in [7, 11) is 0. The Morgan fingerprint density at radius 2 is 1.25 bits per heavy atom. The van der Waals surface area contributed by atoms with Crippen LogP contribution in [0, 0.1) is 11.8 Å². The maximum Gasteiger partial charge on any atom is 0.222 e. The number of nitrogens with two attached hydrogens (primary N) is 2. The highest BCUT2D eigenvalue weighted by Crippen LogP contribution is 2.14. The number of carbonyl (C=O) groups is 2. The molecular weight excluding hydrogens is 196 g/mol. The zero-order valence-electron chi connectivity index (χ0n) is 6.43. The molecule has 0 fully saturated rings. The van der Waals surface area contributed by atoms with Gasteiger partial charge in [-0.3, -0.25) is 9.59 Å². The molecule has 0 saturated carbocycles. The van der Waals surface area contributed by atoms with Crippen LogP contribution in [0.1, 0.15) is 0 Å². The van der Waals surface area contributed by atoms with Gasteiger partial charge in [0.15, 0.2) is 0 Å². The quantitative estimate of drug-likeness (QED) is 0.439. The van der Waals surface area contributed by atoms with Crippen LogP contribution in [0.2, 0.25) is 0 Å². The summed E-state index contributed by atoms with van der Waals surface area (Å²) in [5.41, 5.74) is 10.1. The zero-order valence-corrected chi connectivity index (χ0v) is 8.22. The molecule has 2 atom stereocenters. The molecule has 0 aliphatic rings. The van der Waals surface area contributed by atoms with E-state index in [9.17, 15) is 9.59 Å². The van der Waals surface area contributed by atoms with Gasteiger partial charge in [-0.15, -0.1) is 0 Å². The van der Waals surface area contributed by atoms with Gasteiger partial charge in [0, 0.05) is 11.5 Å². The molecule has 0 aliphatic heterocycles. The number of rotatable bonds is 5. The monoisotopic (exact) mass is 208 g/mol. The van der Waals surface area contributed by atoms with E-state index in [1.165, 1.54) is 0 Å². The Labute approximate surface area is 81.9 Å². The van der Waals surface area contributed by atoms with Gasteiger partial charge in [-0.25, -0.2) is 0 Å². The van der Waals surface area contributed by atoms with Gasteiger partial charge in [-0.2, -0.15) is 25.3 Å². The Morgan fingerprint density at radius 1 is 1.00 bits per heavy atom. The minimum absolute atomic E-state index is 0.212. The Morgan fingerprint density at radius 3 is 1.33 bits per heavy atom. The first-order valence-corrected chi connectivity index (χ1v) is 4.61. The summed E-state index contributed by atoms with van der Waals surface area (Å²) < 4.78 is 0. The van der Waals surface area contributed by atoms with Crippen molar-refractivity contribution in [2.75, 3.05) is 11.5 Å². The maximum absolute atomic E-state index is 10.8. The van der Waals surface area contributed by atoms with Crippen LogP contribution >= 0.6 is 25.3 Å².